The van der Waals surface area contributed by atoms with E-state index in [-0.39, 0.29) is 18.8 Å². The van der Waals surface area contributed by atoms with Gasteiger partial charge in [0.05, 0.1) is 18.8 Å². The molecule has 0 aromatic carbocycles. The number of pyridine rings is 1. The zero-order valence-corrected chi connectivity index (χ0v) is 10.3. The summed E-state index contributed by atoms with van der Waals surface area (Å²) in [6.07, 6.45) is 1.71. The molecular formula is C12H19N3O2. The summed E-state index contributed by atoms with van der Waals surface area (Å²) in [5, 5.41) is 9.18. The second kappa shape index (κ2) is 4.89. The van der Waals surface area contributed by atoms with Crippen molar-refractivity contribution < 1.29 is 9.84 Å². The van der Waals surface area contributed by atoms with Gasteiger partial charge in [-0.05, 0) is 19.4 Å². The Morgan fingerprint density at radius 2 is 2.35 bits per heavy atom. The minimum atomic E-state index is -0.150. The highest BCUT2D eigenvalue weighted by Crippen LogP contribution is 2.21. The van der Waals surface area contributed by atoms with Gasteiger partial charge in [-0.1, -0.05) is 0 Å². The average molecular weight is 237 g/mol. The molecule has 3 N–H and O–H groups in total. The van der Waals surface area contributed by atoms with E-state index in [1.807, 2.05) is 19.9 Å². The average Bonchev–Trinajstić information content (AvgIpc) is 2.32. The third-order valence-corrected chi connectivity index (χ3v) is 2.98. The van der Waals surface area contributed by atoms with Crippen molar-refractivity contribution >= 4 is 11.5 Å². The fourth-order valence-corrected chi connectivity index (χ4v) is 2.03. The predicted octanol–water partition coefficient (Wildman–Crippen LogP) is 0.558. The highest BCUT2D eigenvalue weighted by molar-refractivity contribution is 5.55. The lowest BCUT2D eigenvalue weighted by Gasteiger charge is -2.36. The molecule has 2 unspecified atom stereocenters. The summed E-state index contributed by atoms with van der Waals surface area (Å²) in [5.74, 6) is 0.849. The molecule has 0 radical (unpaired) electrons. The Balaban J connectivity index is 2.17. The molecule has 2 rings (SSSR count). The number of nitrogens with two attached hydrogens (primary N) is 1. The van der Waals surface area contributed by atoms with Gasteiger partial charge in [-0.25, -0.2) is 4.98 Å². The Morgan fingerprint density at radius 3 is 3.00 bits per heavy atom. The van der Waals surface area contributed by atoms with Crippen LogP contribution in [0.15, 0.2) is 12.3 Å². The monoisotopic (exact) mass is 237 g/mol. The smallest absolute Gasteiger partial charge is 0.130 e. The first kappa shape index (κ1) is 12.1. The lowest BCUT2D eigenvalue weighted by molar-refractivity contribution is -0.0423. The summed E-state index contributed by atoms with van der Waals surface area (Å²) in [6.45, 7) is 5.38. The van der Waals surface area contributed by atoms with E-state index in [1.54, 1.807) is 6.20 Å². The normalized spacial score (nSPS) is 25.0. The third-order valence-electron chi connectivity index (χ3n) is 2.98. The number of aromatic nitrogens is 1. The van der Waals surface area contributed by atoms with Gasteiger partial charge in [0.15, 0.2) is 0 Å². The molecule has 2 heterocycles. The molecule has 1 aromatic heterocycles. The highest BCUT2D eigenvalue weighted by Gasteiger charge is 2.25. The molecule has 0 saturated carbocycles. The van der Waals surface area contributed by atoms with Crippen molar-refractivity contribution in [2.24, 2.45) is 0 Å². The Labute approximate surface area is 101 Å². The van der Waals surface area contributed by atoms with E-state index in [0.29, 0.717) is 6.54 Å². The van der Waals surface area contributed by atoms with Crippen LogP contribution in [0.3, 0.4) is 0 Å². The van der Waals surface area contributed by atoms with E-state index in [1.165, 1.54) is 0 Å². The number of aliphatic hydroxyl groups is 1. The number of nitrogens with zero attached hydrogens (tertiary/aromatic N) is 2. The molecule has 94 valence electrons. The lowest BCUT2D eigenvalue weighted by Crippen LogP contribution is -2.48. The Morgan fingerprint density at radius 1 is 1.59 bits per heavy atom. The Hall–Kier alpha value is -1.33. The molecule has 1 fully saturated rings. The van der Waals surface area contributed by atoms with Crippen molar-refractivity contribution in [1.82, 2.24) is 4.98 Å². The van der Waals surface area contributed by atoms with Gasteiger partial charge in [0, 0.05) is 31.0 Å². The largest absolute Gasteiger partial charge is 0.398 e. The number of aliphatic hydroxyl groups excluding tert-OH is 1. The van der Waals surface area contributed by atoms with Gasteiger partial charge in [-0.3, -0.25) is 0 Å². The van der Waals surface area contributed by atoms with Crippen molar-refractivity contribution in [3.63, 3.8) is 0 Å². The van der Waals surface area contributed by atoms with Crippen LogP contribution in [0.1, 0.15) is 12.5 Å². The summed E-state index contributed by atoms with van der Waals surface area (Å²) in [7, 11) is 0. The first-order valence-electron chi connectivity index (χ1n) is 5.83. The number of hydrogen-bond donors (Lipinski definition) is 2. The van der Waals surface area contributed by atoms with Crippen LogP contribution in [0, 0.1) is 6.92 Å². The quantitative estimate of drug-likeness (QED) is 0.786. The van der Waals surface area contributed by atoms with Gasteiger partial charge < -0.3 is 20.5 Å². The maximum Gasteiger partial charge on any atom is 0.130 e. The summed E-state index contributed by atoms with van der Waals surface area (Å²) < 4.78 is 5.59. The minimum Gasteiger partial charge on any atom is -0.398 e. The topological polar surface area (TPSA) is 71.6 Å². The number of hydrogen-bond acceptors (Lipinski definition) is 5. The van der Waals surface area contributed by atoms with Crippen LogP contribution >= 0.6 is 0 Å². The molecule has 5 heteroatoms. The van der Waals surface area contributed by atoms with Crippen LogP contribution in [0.4, 0.5) is 11.5 Å². The molecule has 1 aromatic rings. The first-order chi connectivity index (χ1) is 8.10. The van der Waals surface area contributed by atoms with Crippen molar-refractivity contribution in [2.45, 2.75) is 26.1 Å². The van der Waals surface area contributed by atoms with E-state index < -0.39 is 0 Å². The summed E-state index contributed by atoms with van der Waals surface area (Å²) in [5.41, 5.74) is 7.61. The second-order valence-corrected chi connectivity index (χ2v) is 4.56. The molecule has 2 atom stereocenters. The van der Waals surface area contributed by atoms with Gasteiger partial charge in [0.25, 0.3) is 0 Å². The summed E-state index contributed by atoms with van der Waals surface area (Å²) in [6, 6.07) is 1.88. The highest BCUT2D eigenvalue weighted by atomic mass is 16.5. The van der Waals surface area contributed by atoms with Crippen molar-refractivity contribution in [3.8, 4) is 0 Å². The van der Waals surface area contributed by atoms with E-state index in [2.05, 4.69) is 9.88 Å². The maximum atomic E-state index is 9.18. The third kappa shape index (κ3) is 2.68. The Bertz CT molecular complexity index is 397. The molecule has 1 saturated heterocycles. The van der Waals surface area contributed by atoms with E-state index >= 15 is 0 Å². The fraction of sp³-hybridized carbons (Fsp3) is 0.583. The molecule has 17 heavy (non-hydrogen) atoms. The maximum absolute atomic E-state index is 9.18. The van der Waals surface area contributed by atoms with Gasteiger partial charge in [0.1, 0.15) is 5.82 Å². The first-order valence-corrected chi connectivity index (χ1v) is 5.83. The molecule has 0 bridgehead atoms. The molecule has 1 aliphatic heterocycles. The van der Waals surface area contributed by atoms with Crippen molar-refractivity contribution in [2.75, 3.05) is 30.3 Å². The van der Waals surface area contributed by atoms with Crippen molar-refractivity contribution in [1.29, 1.82) is 0 Å². The summed E-state index contributed by atoms with van der Waals surface area (Å²) >= 11 is 0. The second-order valence-electron chi connectivity index (χ2n) is 4.56. The molecule has 5 nitrogen and oxygen atoms in total. The molecular weight excluding hydrogens is 218 g/mol. The van der Waals surface area contributed by atoms with E-state index in [4.69, 9.17) is 10.5 Å². The van der Waals surface area contributed by atoms with Crippen LogP contribution in [-0.2, 0) is 4.74 Å². The fourth-order valence-electron chi connectivity index (χ4n) is 2.03. The zero-order chi connectivity index (χ0) is 12.4. The number of aryl methyl sites for hydroxylation is 1. The van der Waals surface area contributed by atoms with Crippen LogP contribution in [0.5, 0.6) is 0 Å². The minimum absolute atomic E-state index is 0.0299. The van der Waals surface area contributed by atoms with E-state index in [9.17, 15) is 5.11 Å². The SMILES string of the molecule is Cc1cnc(N2CC(C)OC(CO)C2)cc1N. The van der Waals surface area contributed by atoms with Gasteiger partial charge in [0.2, 0.25) is 0 Å². The number of anilines is 2. The lowest BCUT2D eigenvalue weighted by atomic mass is 10.2. The zero-order valence-electron chi connectivity index (χ0n) is 10.3. The molecule has 1 aliphatic rings. The molecule has 0 amide bonds. The van der Waals surface area contributed by atoms with Crippen LogP contribution in [0.25, 0.3) is 0 Å². The standard InChI is InChI=1S/C12H19N3O2/c1-8-4-14-12(3-11(8)13)15-5-9(2)17-10(6-15)7-16/h3-4,9-10,16H,5-7H2,1-2H3,(H2,13,14). The number of rotatable bonds is 2. The van der Waals surface area contributed by atoms with Crippen LogP contribution < -0.4 is 10.6 Å². The van der Waals surface area contributed by atoms with Crippen LogP contribution in [-0.4, -0.2) is 42.0 Å². The Kier molecular flexibility index (Phi) is 3.49. The molecule has 0 spiro atoms. The van der Waals surface area contributed by atoms with Crippen LogP contribution in [0.2, 0.25) is 0 Å². The van der Waals surface area contributed by atoms with Crippen molar-refractivity contribution in [3.05, 3.63) is 17.8 Å². The van der Waals surface area contributed by atoms with Gasteiger partial charge in [-0.15, -0.1) is 0 Å². The summed E-state index contributed by atoms with van der Waals surface area (Å²) in [4.78, 5) is 6.48. The van der Waals surface area contributed by atoms with Gasteiger partial charge >= 0.3 is 0 Å². The number of morpholine rings is 1. The number of nitrogen functional groups attached to an aromatic ring is 1. The molecule has 0 aliphatic carbocycles. The predicted molar refractivity (Wildman–Crippen MR) is 67.0 cm³/mol. The number of ether oxygens (including phenoxy) is 1. The van der Waals surface area contributed by atoms with Gasteiger partial charge in [-0.2, -0.15) is 0 Å². The van der Waals surface area contributed by atoms with E-state index in [0.717, 1.165) is 23.6 Å².